The highest BCUT2D eigenvalue weighted by Crippen LogP contribution is 2.38. The SMILES string of the molecule is N=C(N)NCCC[CH]NC(=O)C1(C(=O)NCCc2ccccc2)CCCC1. The van der Waals surface area contributed by atoms with Crippen molar-refractivity contribution in [3.63, 3.8) is 0 Å². The minimum absolute atomic E-state index is 0.0592. The maximum absolute atomic E-state index is 12.8. The van der Waals surface area contributed by atoms with E-state index in [1.165, 1.54) is 0 Å². The summed E-state index contributed by atoms with van der Waals surface area (Å²) >= 11 is 0. The monoisotopic (exact) mass is 372 g/mol. The van der Waals surface area contributed by atoms with E-state index in [1.807, 2.05) is 30.3 Å². The predicted molar refractivity (Wildman–Crippen MR) is 106 cm³/mol. The van der Waals surface area contributed by atoms with Crippen LogP contribution in [-0.2, 0) is 16.0 Å². The van der Waals surface area contributed by atoms with Crippen LogP contribution in [0.4, 0.5) is 0 Å². The van der Waals surface area contributed by atoms with Crippen LogP contribution in [0.25, 0.3) is 0 Å². The number of nitrogens with two attached hydrogens (primary N) is 1. The van der Waals surface area contributed by atoms with E-state index in [1.54, 1.807) is 6.54 Å². The van der Waals surface area contributed by atoms with Crippen LogP contribution in [-0.4, -0.2) is 30.9 Å². The van der Waals surface area contributed by atoms with Crippen molar-refractivity contribution in [3.05, 3.63) is 42.4 Å². The molecule has 1 radical (unpaired) electrons. The van der Waals surface area contributed by atoms with E-state index in [0.29, 0.717) is 32.4 Å². The summed E-state index contributed by atoms with van der Waals surface area (Å²) in [4.78, 5) is 25.5. The molecule has 0 spiro atoms. The summed E-state index contributed by atoms with van der Waals surface area (Å²) in [6, 6.07) is 9.97. The number of carbonyl (C=O) groups excluding carboxylic acids is 2. The summed E-state index contributed by atoms with van der Waals surface area (Å²) in [7, 11) is 0. The summed E-state index contributed by atoms with van der Waals surface area (Å²) in [5.41, 5.74) is 5.42. The zero-order valence-corrected chi connectivity index (χ0v) is 15.7. The lowest BCUT2D eigenvalue weighted by Crippen LogP contribution is -2.49. The van der Waals surface area contributed by atoms with Gasteiger partial charge in [-0.2, -0.15) is 0 Å². The first kappa shape index (κ1) is 20.7. The second-order valence-corrected chi connectivity index (χ2v) is 6.94. The van der Waals surface area contributed by atoms with Crippen LogP contribution in [0.3, 0.4) is 0 Å². The van der Waals surface area contributed by atoms with Crippen LogP contribution in [0.15, 0.2) is 30.3 Å². The molecule has 0 atom stereocenters. The molecular weight excluding hydrogens is 342 g/mol. The fraction of sp³-hybridized carbons (Fsp3) is 0.500. The highest BCUT2D eigenvalue weighted by Gasteiger charge is 2.47. The number of nitrogens with one attached hydrogen (secondary N) is 4. The maximum atomic E-state index is 12.8. The Hall–Kier alpha value is -2.57. The Balaban J connectivity index is 1.77. The van der Waals surface area contributed by atoms with Gasteiger partial charge in [-0.05, 0) is 37.7 Å². The van der Waals surface area contributed by atoms with Gasteiger partial charge in [0, 0.05) is 19.6 Å². The van der Waals surface area contributed by atoms with Gasteiger partial charge in [-0.1, -0.05) is 43.2 Å². The lowest BCUT2D eigenvalue weighted by molar-refractivity contribution is -0.142. The van der Waals surface area contributed by atoms with E-state index in [9.17, 15) is 9.59 Å². The van der Waals surface area contributed by atoms with Gasteiger partial charge >= 0.3 is 0 Å². The Bertz CT molecular complexity index is 627. The van der Waals surface area contributed by atoms with Crippen molar-refractivity contribution in [2.75, 3.05) is 13.1 Å². The van der Waals surface area contributed by atoms with Gasteiger partial charge in [0.15, 0.2) is 5.96 Å². The van der Waals surface area contributed by atoms with Crippen molar-refractivity contribution >= 4 is 17.8 Å². The number of carbonyl (C=O) groups is 2. The molecule has 147 valence electrons. The number of hydrogen-bond acceptors (Lipinski definition) is 3. The number of hydrogen-bond donors (Lipinski definition) is 5. The minimum atomic E-state index is -0.954. The van der Waals surface area contributed by atoms with Crippen LogP contribution in [0, 0.1) is 17.4 Å². The van der Waals surface area contributed by atoms with E-state index in [-0.39, 0.29) is 17.8 Å². The van der Waals surface area contributed by atoms with Gasteiger partial charge in [-0.15, -0.1) is 0 Å². The van der Waals surface area contributed by atoms with Gasteiger partial charge in [0.25, 0.3) is 0 Å². The molecule has 7 nitrogen and oxygen atoms in total. The zero-order chi connectivity index (χ0) is 19.5. The molecule has 7 heteroatoms. The fourth-order valence-electron chi connectivity index (χ4n) is 3.40. The van der Waals surface area contributed by atoms with Crippen LogP contribution in [0.2, 0.25) is 0 Å². The highest BCUT2D eigenvalue weighted by atomic mass is 16.2. The first-order valence-electron chi connectivity index (χ1n) is 9.57. The molecular formula is C20H30N5O2. The molecule has 1 fully saturated rings. The van der Waals surface area contributed by atoms with Gasteiger partial charge in [0.05, 0.1) is 0 Å². The van der Waals surface area contributed by atoms with Crippen LogP contribution in [0.1, 0.15) is 44.1 Å². The maximum Gasteiger partial charge on any atom is 0.235 e. The molecule has 0 heterocycles. The van der Waals surface area contributed by atoms with Crippen LogP contribution < -0.4 is 21.7 Å². The number of benzene rings is 1. The molecule has 1 aromatic carbocycles. The molecule has 1 aromatic rings. The van der Waals surface area contributed by atoms with Crippen molar-refractivity contribution in [2.24, 2.45) is 11.1 Å². The average molecular weight is 372 g/mol. The molecule has 2 rings (SSSR count). The Labute approximate surface area is 161 Å². The smallest absolute Gasteiger partial charge is 0.235 e. The molecule has 1 aliphatic rings. The lowest BCUT2D eigenvalue weighted by atomic mass is 9.83. The number of unbranched alkanes of at least 4 members (excludes halogenated alkanes) is 1. The van der Waals surface area contributed by atoms with Crippen molar-refractivity contribution in [2.45, 2.75) is 44.9 Å². The summed E-state index contributed by atoms with van der Waals surface area (Å²) in [6.07, 6.45) is 5.11. The van der Waals surface area contributed by atoms with Gasteiger partial charge in [0.2, 0.25) is 11.8 Å². The predicted octanol–water partition coefficient (Wildman–Crippen LogP) is 1.45. The quantitative estimate of drug-likeness (QED) is 0.185. The second-order valence-electron chi connectivity index (χ2n) is 6.94. The van der Waals surface area contributed by atoms with Crippen LogP contribution >= 0.6 is 0 Å². The molecule has 2 amide bonds. The molecule has 0 aromatic heterocycles. The van der Waals surface area contributed by atoms with Crippen molar-refractivity contribution in [1.82, 2.24) is 16.0 Å². The highest BCUT2D eigenvalue weighted by molar-refractivity contribution is 6.05. The number of amides is 2. The van der Waals surface area contributed by atoms with E-state index in [4.69, 9.17) is 11.1 Å². The van der Waals surface area contributed by atoms with E-state index < -0.39 is 5.41 Å². The third-order valence-electron chi connectivity index (χ3n) is 4.94. The van der Waals surface area contributed by atoms with E-state index in [0.717, 1.165) is 31.2 Å². The molecule has 0 aliphatic heterocycles. The van der Waals surface area contributed by atoms with Crippen LogP contribution in [0.5, 0.6) is 0 Å². The van der Waals surface area contributed by atoms with Gasteiger partial charge in [0.1, 0.15) is 5.41 Å². The fourth-order valence-corrected chi connectivity index (χ4v) is 3.40. The van der Waals surface area contributed by atoms with Gasteiger partial charge in [-0.25, -0.2) is 0 Å². The van der Waals surface area contributed by atoms with Crippen molar-refractivity contribution < 1.29 is 9.59 Å². The second kappa shape index (κ2) is 10.5. The molecule has 1 saturated carbocycles. The Morgan fingerprint density at radius 2 is 1.78 bits per heavy atom. The molecule has 6 N–H and O–H groups in total. The lowest BCUT2D eigenvalue weighted by Gasteiger charge is -2.26. The molecule has 27 heavy (non-hydrogen) atoms. The zero-order valence-electron chi connectivity index (χ0n) is 15.7. The standard InChI is InChI=1S/C20H30N5O2/c21-19(22)25-14-7-6-13-23-17(26)20(11-4-5-12-20)18(27)24-15-10-16-8-2-1-3-9-16/h1-3,8-9,13H,4-7,10-12,14-15H2,(H,23,26)(H,24,27)(H4,21,22,25). The average Bonchev–Trinajstić information content (AvgIpc) is 3.16. The first-order valence-corrected chi connectivity index (χ1v) is 9.57. The summed E-state index contributed by atoms with van der Waals surface area (Å²) in [6.45, 7) is 2.80. The summed E-state index contributed by atoms with van der Waals surface area (Å²) in [5, 5.41) is 15.6. The normalized spacial score (nSPS) is 15.1. The van der Waals surface area contributed by atoms with Crippen molar-refractivity contribution in [3.8, 4) is 0 Å². The summed E-state index contributed by atoms with van der Waals surface area (Å²) < 4.78 is 0. The Morgan fingerprint density at radius 3 is 2.44 bits per heavy atom. The van der Waals surface area contributed by atoms with Gasteiger partial charge < -0.3 is 21.7 Å². The number of guanidine groups is 1. The Morgan fingerprint density at radius 1 is 1.07 bits per heavy atom. The third kappa shape index (κ3) is 6.27. The third-order valence-corrected chi connectivity index (χ3v) is 4.94. The van der Waals surface area contributed by atoms with E-state index in [2.05, 4.69) is 16.0 Å². The topological polar surface area (TPSA) is 120 Å². The largest absolute Gasteiger partial charge is 0.370 e. The number of rotatable bonds is 10. The van der Waals surface area contributed by atoms with E-state index >= 15 is 0 Å². The first-order chi connectivity index (χ1) is 13.0. The van der Waals surface area contributed by atoms with Crippen molar-refractivity contribution in [1.29, 1.82) is 5.41 Å². The minimum Gasteiger partial charge on any atom is -0.370 e. The Kier molecular flexibility index (Phi) is 8.10. The molecule has 0 unspecified atom stereocenters. The summed E-state index contributed by atoms with van der Waals surface area (Å²) in [5.74, 6) is -0.437. The van der Waals surface area contributed by atoms with Gasteiger partial charge in [-0.3, -0.25) is 15.0 Å². The molecule has 0 saturated heterocycles. The molecule has 0 bridgehead atoms. The molecule has 1 aliphatic carbocycles.